The fraction of sp³-hybridized carbons (Fsp3) is 0.875. The lowest BCUT2D eigenvalue weighted by molar-refractivity contribution is 0.205. The van der Waals surface area contributed by atoms with Gasteiger partial charge in [-0.2, -0.15) is 0 Å². The number of rotatable bonds is 1. The van der Waals surface area contributed by atoms with E-state index in [1.807, 2.05) is 32.6 Å². The molecule has 1 aliphatic rings. The molecule has 1 aliphatic heterocycles. The van der Waals surface area contributed by atoms with E-state index in [4.69, 9.17) is 0 Å². The molecule has 1 rings (SSSR count). The molecule has 0 radical (unpaired) electrons. The van der Waals surface area contributed by atoms with Gasteiger partial charge in [0, 0.05) is 12.6 Å². The summed E-state index contributed by atoms with van der Waals surface area (Å²) in [5, 5.41) is 2.91. The van der Waals surface area contributed by atoms with Crippen LogP contribution < -0.4 is 5.32 Å². The lowest BCUT2D eigenvalue weighted by Gasteiger charge is -2.20. The molecule has 2 amide bonds. The van der Waals surface area contributed by atoms with Gasteiger partial charge >= 0.3 is 6.03 Å². The first-order valence-electron chi connectivity index (χ1n) is 4.01. The summed E-state index contributed by atoms with van der Waals surface area (Å²) in [6.07, 6.45) is 0. The van der Waals surface area contributed by atoms with Crippen LogP contribution in [0.5, 0.6) is 0 Å². The SMILES string of the molecule is CC(C)N1CC(C)(C)NC1=O. The predicted molar refractivity (Wildman–Crippen MR) is 44.5 cm³/mol. The molecule has 1 fully saturated rings. The number of carbonyl (C=O) groups excluding carboxylic acids is 1. The van der Waals surface area contributed by atoms with Gasteiger partial charge in [-0.1, -0.05) is 0 Å². The van der Waals surface area contributed by atoms with E-state index in [0.717, 1.165) is 6.54 Å². The summed E-state index contributed by atoms with van der Waals surface area (Å²) in [6, 6.07) is 0.363. The average molecular weight is 156 g/mol. The van der Waals surface area contributed by atoms with E-state index in [9.17, 15) is 4.79 Å². The fourth-order valence-corrected chi connectivity index (χ4v) is 1.32. The van der Waals surface area contributed by atoms with Crippen molar-refractivity contribution in [3.8, 4) is 0 Å². The minimum Gasteiger partial charge on any atom is -0.331 e. The van der Waals surface area contributed by atoms with Gasteiger partial charge in [-0.15, -0.1) is 0 Å². The van der Waals surface area contributed by atoms with Crippen molar-refractivity contribution in [3.05, 3.63) is 0 Å². The summed E-state index contributed by atoms with van der Waals surface area (Å²) in [6.45, 7) is 8.94. The Balaban J connectivity index is 2.67. The van der Waals surface area contributed by atoms with Crippen LogP contribution in [0.4, 0.5) is 4.79 Å². The predicted octanol–water partition coefficient (Wildman–Crippen LogP) is 1.20. The Hall–Kier alpha value is -0.730. The van der Waals surface area contributed by atoms with Crippen LogP contribution in [0, 0.1) is 0 Å². The minimum atomic E-state index is -0.0542. The number of amides is 2. The zero-order valence-corrected chi connectivity index (χ0v) is 7.64. The van der Waals surface area contributed by atoms with E-state index >= 15 is 0 Å². The number of urea groups is 1. The van der Waals surface area contributed by atoms with Crippen molar-refractivity contribution in [1.29, 1.82) is 0 Å². The van der Waals surface area contributed by atoms with Crippen LogP contribution in [-0.2, 0) is 0 Å². The third-order valence-corrected chi connectivity index (χ3v) is 1.90. The quantitative estimate of drug-likeness (QED) is 0.608. The first kappa shape index (κ1) is 8.37. The van der Waals surface area contributed by atoms with Gasteiger partial charge in [0.2, 0.25) is 0 Å². The standard InChI is InChI=1S/C8H16N2O/c1-6(2)10-5-8(3,4)9-7(10)11/h6H,5H2,1-4H3,(H,9,11). The molecule has 0 aliphatic carbocycles. The number of nitrogens with zero attached hydrogens (tertiary/aromatic N) is 1. The molecule has 3 heteroatoms. The van der Waals surface area contributed by atoms with Crippen LogP contribution in [0.15, 0.2) is 0 Å². The van der Waals surface area contributed by atoms with E-state index in [1.54, 1.807) is 0 Å². The third kappa shape index (κ3) is 1.64. The summed E-state index contributed by atoms with van der Waals surface area (Å²) in [4.78, 5) is 13.1. The summed E-state index contributed by atoms with van der Waals surface area (Å²) in [5.41, 5.74) is -0.0542. The molecule has 1 N–H and O–H groups in total. The van der Waals surface area contributed by atoms with Crippen LogP contribution in [0.2, 0.25) is 0 Å². The highest BCUT2D eigenvalue weighted by Gasteiger charge is 2.35. The topological polar surface area (TPSA) is 32.3 Å². The number of hydrogen-bond acceptors (Lipinski definition) is 1. The molecule has 3 nitrogen and oxygen atoms in total. The van der Waals surface area contributed by atoms with Gasteiger partial charge in [0.1, 0.15) is 0 Å². The van der Waals surface area contributed by atoms with Crippen molar-refractivity contribution >= 4 is 6.03 Å². The zero-order chi connectivity index (χ0) is 8.65. The zero-order valence-electron chi connectivity index (χ0n) is 7.64. The van der Waals surface area contributed by atoms with Crippen molar-refractivity contribution < 1.29 is 4.79 Å². The number of nitrogens with one attached hydrogen (secondary N) is 1. The molecule has 1 heterocycles. The Morgan fingerprint density at radius 1 is 1.55 bits per heavy atom. The molecule has 0 bridgehead atoms. The number of carbonyl (C=O) groups is 1. The van der Waals surface area contributed by atoms with Crippen molar-refractivity contribution in [2.24, 2.45) is 0 Å². The second-order valence-corrected chi connectivity index (χ2v) is 4.04. The Bertz CT molecular complexity index is 175. The molecule has 0 aromatic heterocycles. The highest BCUT2D eigenvalue weighted by atomic mass is 16.2. The van der Waals surface area contributed by atoms with E-state index in [2.05, 4.69) is 5.32 Å². The molecule has 1 saturated heterocycles. The van der Waals surface area contributed by atoms with Gasteiger partial charge in [-0.05, 0) is 27.7 Å². The van der Waals surface area contributed by atoms with Crippen molar-refractivity contribution in [2.75, 3.05) is 6.54 Å². The van der Waals surface area contributed by atoms with Gasteiger partial charge in [-0.25, -0.2) is 4.79 Å². The lowest BCUT2D eigenvalue weighted by atomic mass is 10.1. The number of hydrogen-bond donors (Lipinski definition) is 1. The van der Waals surface area contributed by atoms with Gasteiger partial charge in [0.05, 0.1) is 5.54 Å². The molecular weight excluding hydrogens is 140 g/mol. The highest BCUT2D eigenvalue weighted by molar-refractivity contribution is 5.77. The molecule has 0 atom stereocenters. The van der Waals surface area contributed by atoms with Crippen molar-refractivity contribution in [2.45, 2.75) is 39.3 Å². The van der Waals surface area contributed by atoms with Gasteiger partial charge in [0.15, 0.2) is 0 Å². The molecule has 0 unspecified atom stereocenters. The largest absolute Gasteiger partial charge is 0.331 e. The van der Waals surface area contributed by atoms with Crippen LogP contribution in [0.25, 0.3) is 0 Å². The highest BCUT2D eigenvalue weighted by Crippen LogP contribution is 2.16. The molecule has 0 spiro atoms. The minimum absolute atomic E-state index is 0.0542. The van der Waals surface area contributed by atoms with E-state index in [1.165, 1.54) is 0 Å². The third-order valence-electron chi connectivity index (χ3n) is 1.90. The van der Waals surface area contributed by atoms with Crippen LogP contribution >= 0.6 is 0 Å². The van der Waals surface area contributed by atoms with Crippen LogP contribution in [0.1, 0.15) is 27.7 Å². The molecule has 64 valence electrons. The maximum atomic E-state index is 11.2. The first-order valence-corrected chi connectivity index (χ1v) is 4.01. The smallest absolute Gasteiger partial charge is 0.318 e. The van der Waals surface area contributed by atoms with Gasteiger partial charge in [0.25, 0.3) is 0 Å². The Morgan fingerprint density at radius 3 is 2.27 bits per heavy atom. The molecule has 11 heavy (non-hydrogen) atoms. The summed E-state index contributed by atoms with van der Waals surface area (Å²) >= 11 is 0. The summed E-state index contributed by atoms with van der Waals surface area (Å²) < 4.78 is 0. The van der Waals surface area contributed by atoms with Gasteiger partial charge < -0.3 is 10.2 Å². The van der Waals surface area contributed by atoms with Gasteiger partial charge in [-0.3, -0.25) is 0 Å². The Morgan fingerprint density at radius 2 is 2.09 bits per heavy atom. The summed E-state index contributed by atoms with van der Waals surface area (Å²) in [7, 11) is 0. The van der Waals surface area contributed by atoms with E-state index < -0.39 is 0 Å². The van der Waals surface area contributed by atoms with Crippen molar-refractivity contribution in [3.63, 3.8) is 0 Å². The van der Waals surface area contributed by atoms with E-state index in [-0.39, 0.29) is 11.6 Å². The normalized spacial score (nSPS) is 22.6. The van der Waals surface area contributed by atoms with Crippen LogP contribution in [-0.4, -0.2) is 29.1 Å². The average Bonchev–Trinajstić information content (AvgIpc) is 2.05. The lowest BCUT2D eigenvalue weighted by Crippen LogP contribution is -2.36. The Kier molecular flexibility index (Phi) is 1.82. The molecular formula is C8H16N2O. The molecule has 0 aromatic rings. The second kappa shape index (κ2) is 2.40. The summed E-state index contributed by atoms with van der Waals surface area (Å²) in [5.74, 6) is 0. The van der Waals surface area contributed by atoms with Crippen molar-refractivity contribution in [1.82, 2.24) is 10.2 Å². The van der Waals surface area contributed by atoms with E-state index in [0.29, 0.717) is 6.04 Å². The van der Waals surface area contributed by atoms with Crippen LogP contribution in [0.3, 0.4) is 0 Å². The molecule has 0 aromatic carbocycles. The maximum absolute atomic E-state index is 11.2. The fourth-order valence-electron chi connectivity index (χ4n) is 1.32. The second-order valence-electron chi connectivity index (χ2n) is 4.04. The molecule has 0 saturated carbocycles. The Labute approximate surface area is 67.8 Å². The monoisotopic (exact) mass is 156 g/mol. The maximum Gasteiger partial charge on any atom is 0.318 e. The first-order chi connectivity index (χ1) is 4.92.